The van der Waals surface area contributed by atoms with Gasteiger partial charge in [-0.25, -0.2) is 0 Å². The SMILES string of the molecule is COc1ccc2c(c1)CCc1o[c](=[Cr])cc(-c3ccccc3)c1-2. The number of ether oxygens (including phenoxy) is 1. The first-order chi connectivity index (χ1) is 11.3. The van der Waals surface area contributed by atoms with Crippen molar-refractivity contribution in [3.05, 3.63) is 70.1 Å². The average molecular weight is 340 g/mol. The van der Waals surface area contributed by atoms with Crippen LogP contribution in [0.15, 0.2) is 59.0 Å². The topological polar surface area (TPSA) is 22.4 Å². The van der Waals surface area contributed by atoms with Crippen LogP contribution in [0.2, 0.25) is 0 Å². The van der Waals surface area contributed by atoms with Crippen LogP contribution in [0.1, 0.15) is 11.3 Å². The second-order valence-electron chi connectivity index (χ2n) is 5.67. The first-order valence-electron chi connectivity index (χ1n) is 7.66. The second kappa shape index (κ2) is 5.85. The third-order valence-electron chi connectivity index (χ3n) is 4.32. The first-order valence-corrected chi connectivity index (χ1v) is 8.30. The molecule has 0 amide bonds. The molecule has 4 rings (SSSR count). The molecule has 0 unspecified atom stereocenters. The van der Waals surface area contributed by atoms with Crippen LogP contribution in [0.3, 0.4) is 0 Å². The Morgan fingerprint density at radius 3 is 2.57 bits per heavy atom. The Kier molecular flexibility index (Phi) is 3.69. The Morgan fingerprint density at radius 2 is 1.78 bits per heavy atom. The van der Waals surface area contributed by atoms with Crippen molar-refractivity contribution in [2.45, 2.75) is 12.8 Å². The van der Waals surface area contributed by atoms with E-state index in [-0.39, 0.29) is 0 Å². The molecule has 0 saturated carbocycles. The molecule has 1 aromatic heterocycles. The van der Waals surface area contributed by atoms with E-state index >= 15 is 0 Å². The zero-order valence-corrected chi connectivity index (χ0v) is 14.1. The molecule has 0 radical (unpaired) electrons. The summed E-state index contributed by atoms with van der Waals surface area (Å²) in [6, 6.07) is 18.9. The Labute approximate surface area is 143 Å². The molecule has 0 aliphatic heterocycles. The minimum atomic E-state index is 0.833. The third-order valence-corrected chi connectivity index (χ3v) is 4.64. The van der Waals surface area contributed by atoms with Crippen LogP contribution < -0.4 is 4.74 Å². The van der Waals surface area contributed by atoms with E-state index in [1.807, 2.05) is 12.1 Å². The van der Waals surface area contributed by atoms with Gasteiger partial charge in [-0.2, -0.15) is 0 Å². The van der Waals surface area contributed by atoms with E-state index in [9.17, 15) is 0 Å². The maximum atomic E-state index is 5.99. The molecule has 114 valence electrons. The average Bonchev–Trinajstić information content (AvgIpc) is 2.60. The molecule has 1 heterocycles. The summed E-state index contributed by atoms with van der Waals surface area (Å²) in [4.78, 5) is 0. The summed E-state index contributed by atoms with van der Waals surface area (Å²) in [7, 11) is 1.71. The summed E-state index contributed by atoms with van der Waals surface area (Å²) in [5, 5.41) is 0. The Hall–Kier alpha value is -2.08. The van der Waals surface area contributed by atoms with Gasteiger partial charge in [-0.05, 0) is 0 Å². The van der Waals surface area contributed by atoms with Crippen LogP contribution in [0.5, 0.6) is 5.75 Å². The second-order valence-corrected chi connectivity index (χ2v) is 6.29. The van der Waals surface area contributed by atoms with Gasteiger partial charge >= 0.3 is 143 Å². The monoisotopic (exact) mass is 340 g/mol. The molecule has 0 N–H and O–H groups in total. The summed E-state index contributed by atoms with van der Waals surface area (Å²) in [5.41, 5.74) is 6.19. The number of hydrogen-bond acceptors (Lipinski definition) is 2. The van der Waals surface area contributed by atoms with Crippen LogP contribution >= 0.6 is 0 Å². The molecule has 0 spiro atoms. The summed E-state index contributed by atoms with van der Waals surface area (Å²) in [6.07, 6.45) is 1.88. The molecule has 1 aliphatic rings. The number of benzene rings is 2. The van der Waals surface area contributed by atoms with E-state index in [1.54, 1.807) is 7.11 Å². The maximum absolute atomic E-state index is 5.99. The molecule has 0 saturated heterocycles. The fourth-order valence-corrected chi connectivity index (χ4v) is 3.60. The normalized spacial score (nSPS) is 12.4. The fourth-order valence-electron chi connectivity index (χ4n) is 3.25. The Morgan fingerprint density at radius 1 is 0.957 bits per heavy atom. The van der Waals surface area contributed by atoms with Crippen molar-refractivity contribution < 1.29 is 25.0 Å². The van der Waals surface area contributed by atoms with Crippen molar-refractivity contribution in [3.63, 3.8) is 0 Å². The van der Waals surface area contributed by atoms with Gasteiger partial charge in [0.2, 0.25) is 0 Å². The molecule has 3 heteroatoms. The summed E-state index contributed by atoms with van der Waals surface area (Å²) >= 11 is 3.02. The van der Waals surface area contributed by atoms with Crippen molar-refractivity contribution in [1.29, 1.82) is 0 Å². The summed E-state index contributed by atoms with van der Waals surface area (Å²) < 4.78 is 12.2. The predicted octanol–water partition coefficient (Wildman–Crippen LogP) is 4.80. The molecule has 0 bridgehead atoms. The molecule has 0 fully saturated rings. The van der Waals surface area contributed by atoms with Crippen molar-refractivity contribution in [3.8, 4) is 28.0 Å². The summed E-state index contributed by atoms with van der Waals surface area (Å²) in [6.45, 7) is 0. The Balaban J connectivity index is 2.00. The van der Waals surface area contributed by atoms with Crippen molar-refractivity contribution in [2.75, 3.05) is 7.11 Å². The van der Waals surface area contributed by atoms with Gasteiger partial charge in [-0.3, -0.25) is 0 Å². The number of hydrogen-bond donors (Lipinski definition) is 0. The van der Waals surface area contributed by atoms with Crippen molar-refractivity contribution in [1.82, 2.24) is 0 Å². The standard InChI is InChI=1S/C20H16O2.Cr/c1-21-16-8-9-17-15(13-16)7-10-19-20(17)18(11-12-22-19)14-5-3-2-4-6-14;/h2-6,8-9,11,13H,7,10H2,1H3;. The van der Waals surface area contributed by atoms with Gasteiger partial charge in [0.05, 0.1) is 0 Å². The number of fused-ring (bicyclic) bond motifs is 3. The molecule has 0 atom stereocenters. The van der Waals surface area contributed by atoms with Gasteiger partial charge < -0.3 is 0 Å². The van der Waals surface area contributed by atoms with E-state index in [0.29, 0.717) is 0 Å². The van der Waals surface area contributed by atoms with Crippen molar-refractivity contribution in [2.24, 2.45) is 0 Å². The van der Waals surface area contributed by atoms with E-state index in [0.717, 1.165) is 28.6 Å². The van der Waals surface area contributed by atoms with Crippen LogP contribution in [-0.2, 0) is 28.7 Å². The van der Waals surface area contributed by atoms with E-state index in [2.05, 4.69) is 58.3 Å². The molecule has 23 heavy (non-hydrogen) atoms. The minimum absolute atomic E-state index is 0.833. The predicted molar refractivity (Wildman–Crippen MR) is 86.8 cm³/mol. The first kappa shape index (κ1) is 14.5. The quantitative estimate of drug-likeness (QED) is 0.669. The van der Waals surface area contributed by atoms with E-state index in [4.69, 9.17) is 9.15 Å². The van der Waals surface area contributed by atoms with Crippen molar-refractivity contribution >= 4 is 0 Å². The molecular formula is C20H16CrO2. The van der Waals surface area contributed by atoms with Gasteiger partial charge in [0.25, 0.3) is 0 Å². The van der Waals surface area contributed by atoms with Gasteiger partial charge in [-0.15, -0.1) is 0 Å². The number of methoxy groups -OCH3 is 1. The molecular weight excluding hydrogens is 324 g/mol. The van der Waals surface area contributed by atoms with E-state index < -0.39 is 0 Å². The van der Waals surface area contributed by atoms with Gasteiger partial charge in [0.15, 0.2) is 0 Å². The zero-order chi connectivity index (χ0) is 15.8. The molecule has 1 aliphatic carbocycles. The number of aryl methyl sites for hydroxylation is 2. The summed E-state index contributed by atoms with van der Waals surface area (Å²) in [5.74, 6) is 1.96. The number of rotatable bonds is 2. The zero-order valence-electron chi connectivity index (χ0n) is 12.8. The van der Waals surface area contributed by atoms with Gasteiger partial charge in [0, 0.05) is 0 Å². The van der Waals surface area contributed by atoms with Crippen LogP contribution in [0.4, 0.5) is 0 Å². The Bertz CT molecular complexity index is 926. The van der Waals surface area contributed by atoms with Crippen LogP contribution in [-0.4, -0.2) is 7.11 Å². The molecule has 2 aromatic carbocycles. The van der Waals surface area contributed by atoms with Gasteiger partial charge in [-0.1, -0.05) is 0 Å². The molecule has 3 aromatic rings. The molecule has 2 nitrogen and oxygen atoms in total. The third kappa shape index (κ3) is 2.57. The van der Waals surface area contributed by atoms with Gasteiger partial charge in [0.1, 0.15) is 0 Å². The van der Waals surface area contributed by atoms with Crippen LogP contribution in [0.25, 0.3) is 22.3 Å². The van der Waals surface area contributed by atoms with E-state index in [1.165, 1.54) is 27.8 Å². The fraction of sp³-hybridized carbons (Fsp3) is 0.150. The van der Waals surface area contributed by atoms with Crippen LogP contribution in [0, 0.1) is 4.22 Å².